The first-order valence-electron chi connectivity index (χ1n) is 9.69. The van der Waals surface area contributed by atoms with Gasteiger partial charge in [0.1, 0.15) is 0 Å². The van der Waals surface area contributed by atoms with Gasteiger partial charge in [-0.05, 0) is 41.5 Å². The molecule has 130 valence electrons. The minimum Gasteiger partial charge on any atom is -0.356 e. The molecule has 1 fully saturated rings. The molecule has 3 aromatic rings. The van der Waals surface area contributed by atoms with Gasteiger partial charge in [0.15, 0.2) is 5.76 Å². The molecule has 0 amide bonds. The normalized spacial score (nSPS) is 19.2. The topological polar surface area (TPSA) is 26.0 Å². The molecule has 1 heterocycles. The molecule has 0 spiro atoms. The second kappa shape index (κ2) is 6.60. The summed E-state index contributed by atoms with van der Waals surface area (Å²) in [6, 6.07) is 19.2. The fourth-order valence-corrected chi connectivity index (χ4v) is 4.55. The van der Waals surface area contributed by atoms with Crippen molar-refractivity contribution in [1.82, 2.24) is 5.16 Å². The van der Waals surface area contributed by atoms with Gasteiger partial charge >= 0.3 is 0 Å². The van der Waals surface area contributed by atoms with Gasteiger partial charge in [-0.3, -0.25) is 0 Å². The van der Waals surface area contributed by atoms with Crippen LogP contribution in [0.15, 0.2) is 65.2 Å². The fraction of sp³-hybridized carbons (Fsp3) is 0.292. The van der Waals surface area contributed by atoms with E-state index in [2.05, 4.69) is 65.8 Å². The molecule has 2 nitrogen and oxygen atoms in total. The van der Waals surface area contributed by atoms with Crippen LogP contribution in [0.5, 0.6) is 0 Å². The van der Waals surface area contributed by atoms with Crippen molar-refractivity contribution in [3.63, 3.8) is 0 Å². The van der Waals surface area contributed by atoms with Gasteiger partial charge in [0.25, 0.3) is 0 Å². The van der Waals surface area contributed by atoms with E-state index in [1.54, 1.807) is 0 Å². The first-order chi connectivity index (χ1) is 12.9. The molecule has 2 heteroatoms. The summed E-state index contributed by atoms with van der Waals surface area (Å²) in [5.41, 5.74) is 6.19. The first-order valence-corrected chi connectivity index (χ1v) is 9.69. The number of hydrogen-bond acceptors (Lipinski definition) is 2. The molecule has 0 saturated heterocycles. The maximum Gasteiger partial charge on any atom is 0.167 e. The zero-order valence-electron chi connectivity index (χ0n) is 14.9. The van der Waals surface area contributed by atoms with Crippen molar-refractivity contribution < 1.29 is 4.52 Å². The molecule has 1 atom stereocenters. The van der Waals surface area contributed by atoms with Crippen molar-refractivity contribution in [1.29, 1.82) is 0 Å². The van der Waals surface area contributed by atoms with Gasteiger partial charge in [0.2, 0.25) is 0 Å². The van der Waals surface area contributed by atoms with E-state index < -0.39 is 0 Å². The molecule has 1 unspecified atom stereocenters. The maximum atomic E-state index is 5.64. The Morgan fingerprint density at radius 3 is 2.65 bits per heavy atom. The number of allylic oxidation sites excluding steroid dienone is 1. The van der Waals surface area contributed by atoms with E-state index in [0.29, 0.717) is 5.92 Å². The van der Waals surface area contributed by atoms with Crippen LogP contribution < -0.4 is 0 Å². The van der Waals surface area contributed by atoms with Crippen molar-refractivity contribution in [3.8, 4) is 11.3 Å². The highest BCUT2D eigenvalue weighted by atomic mass is 16.5. The summed E-state index contributed by atoms with van der Waals surface area (Å²) >= 11 is 0. The Balaban J connectivity index is 1.38. The molecule has 5 rings (SSSR count). The van der Waals surface area contributed by atoms with Crippen molar-refractivity contribution in [2.45, 2.75) is 38.0 Å². The molecule has 1 aromatic heterocycles. The molecule has 2 aliphatic rings. The van der Waals surface area contributed by atoms with Gasteiger partial charge in [0, 0.05) is 24.0 Å². The molecule has 1 saturated carbocycles. The van der Waals surface area contributed by atoms with Gasteiger partial charge in [-0.2, -0.15) is 0 Å². The van der Waals surface area contributed by atoms with E-state index >= 15 is 0 Å². The van der Waals surface area contributed by atoms with Gasteiger partial charge in [-0.1, -0.05) is 72.6 Å². The minimum atomic E-state index is 0.616. The van der Waals surface area contributed by atoms with Crippen LogP contribution in [0, 0.1) is 5.92 Å². The summed E-state index contributed by atoms with van der Waals surface area (Å²) in [6.07, 6.45) is 11.0. The van der Waals surface area contributed by atoms with Crippen molar-refractivity contribution in [2.24, 2.45) is 5.92 Å². The van der Waals surface area contributed by atoms with Crippen LogP contribution in [0.1, 0.15) is 54.0 Å². The van der Waals surface area contributed by atoms with Gasteiger partial charge in [-0.25, -0.2) is 0 Å². The Kier molecular flexibility index (Phi) is 3.97. The van der Waals surface area contributed by atoms with Crippen LogP contribution in [-0.4, -0.2) is 5.16 Å². The third kappa shape index (κ3) is 2.90. The predicted molar refractivity (Wildman–Crippen MR) is 105 cm³/mol. The third-order valence-electron chi connectivity index (χ3n) is 5.91. The zero-order chi connectivity index (χ0) is 17.3. The third-order valence-corrected chi connectivity index (χ3v) is 5.91. The lowest BCUT2D eigenvalue weighted by Crippen LogP contribution is -2.05. The highest BCUT2D eigenvalue weighted by molar-refractivity contribution is 5.70. The molecule has 0 radical (unpaired) electrons. The van der Waals surface area contributed by atoms with Crippen LogP contribution in [-0.2, 0) is 6.42 Å². The summed E-state index contributed by atoms with van der Waals surface area (Å²) in [7, 11) is 0. The van der Waals surface area contributed by atoms with Gasteiger partial charge < -0.3 is 4.52 Å². The number of fused-ring (bicyclic) bond motifs is 1. The van der Waals surface area contributed by atoms with Crippen LogP contribution in [0.2, 0.25) is 0 Å². The van der Waals surface area contributed by atoms with E-state index in [0.717, 1.165) is 29.4 Å². The number of benzene rings is 2. The average Bonchev–Trinajstić information content (AvgIpc) is 3.42. The van der Waals surface area contributed by atoms with Gasteiger partial charge in [-0.15, -0.1) is 0 Å². The first kappa shape index (κ1) is 15.6. The summed E-state index contributed by atoms with van der Waals surface area (Å²) < 4.78 is 5.64. The second-order valence-corrected chi connectivity index (χ2v) is 7.62. The second-order valence-electron chi connectivity index (χ2n) is 7.62. The van der Waals surface area contributed by atoms with Gasteiger partial charge in [0.05, 0.1) is 5.69 Å². The zero-order valence-corrected chi connectivity index (χ0v) is 14.9. The maximum absolute atomic E-state index is 5.64. The van der Waals surface area contributed by atoms with E-state index in [9.17, 15) is 0 Å². The quantitative estimate of drug-likeness (QED) is 0.562. The number of hydrogen-bond donors (Lipinski definition) is 0. The molecular formula is C24H23NO. The molecule has 2 aliphatic carbocycles. The van der Waals surface area contributed by atoms with E-state index in [1.807, 2.05) is 6.07 Å². The molecular weight excluding hydrogens is 318 g/mol. The molecule has 2 aromatic carbocycles. The van der Waals surface area contributed by atoms with Crippen LogP contribution in [0.4, 0.5) is 0 Å². The van der Waals surface area contributed by atoms with Crippen LogP contribution in [0.25, 0.3) is 17.4 Å². The smallest absolute Gasteiger partial charge is 0.167 e. The standard InChI is InChI=1S/C24H23NO/c1-2-6-17(7-3-1)14-21-16-24(26-25-21)20-11-13-23-19(15-20)10-12-22(23)18-8-4-5-9-18/h1-3,6-7,10-13,15-16,18,22H,4-5,8-9,14H2. The SMILES string of the molecule is C1=CC(C2CCCC2)c2ccc(-c3cc(Cc4ccccc4)no3)cc21. The Morgan fingerprint density at radius 2 is 1.81 bits per heavy atom. The Morgan fingerprint density at radius 1 is 0.962 bits per heavy atom. The molecule has 0 bridgehead atoms. The van der Waals surface area contributed by atoms with Crippen LogP contribution >= 0.6 is 0 Å². The summed E-state index contributed by atoms with van der Waals surface area (Å²) in [4.78, 5) is 0. The molecule has 26 heavy (non-hydrogen) atoms. The summed E-state index contributed by atoms with van der Waals surface area (Å²) in [5, 5.41) is 4.27. The Bertz CT molecular complexity index is 932. The summed E-state index contributed by atoms with van der Waals surface area (Å²) in [5.74, 6) is 2.31. The highest BCUT2D eigenvalue weighted by Crippen LogP contribution is 2.43. The lowest BCUT2D eigenvalue weighted by Gasteiger charge is -2.18. The lowest BCUT2D eigenvalue weighted by atomic mass is 9.86. The number of nitrogens with zero attached hydrogens (tertiary/aromatic N) is 1. The lowest BCUT2D eigenvalue weighted by molar-refractivity contribution is 0.425. The highest BCUT2D eigenvalue weighted by Gasteiger charge is 2.28. The van der Waals surface area contributed by atoms with Crippen molar-refractivity contribution >= 4 is 6.08 Å². The predicted octanol–water partition coefficient (Wildman–Crippen LogP) is 6.23. The van der Waals surface area contributed by atoms with E-state index in [1.165, 1.54) is 42.4 Å². The Hall–Kier alpha value is -2.61. The molecule has 0 N–H and O–H groups in total. The number of aromatic nitrogens is 1. The Labute approximate surface area is 154 Å². The van der Waals surface area contributed by atoms with Crippen LogP contribution in [0.3, 0.4) is 0 Å². The monoisotopic (exact) mass is 341 g/mol. The number of rotatable bonds is 4. The van der Waals surface area contributed by atoms with E-state index in [-0.39, 0.29) is 0 Å². The minimum absolute atomic E-state index is 0.616. The largest absolute Gasteiger partial charge is 0.356 e. The van der Waals surface area contributed by atoms with E-state index in [4.69, 9.17) is 4.52 Å². The van der Waals surface area contributed by atoms with Crippen molar-refractivity contribution in [3.05, 3.63) is 83.1 Å². The fourth-order valence-electron chi connectivity index (χ4n) is 4.55. The average molecular weight is 341 g/mol. The van der Waals surface area contributed by atoms with Crippen molar-refractivity contribution in [2.75, 3.05) is 0 Å². The molecule has 0 aliphatic heterocycles. The summed E-state index contributed by atoms with van der Waals surface area (Å²) in [6.45, 7) is 0.